The van der Waals surface area contributed by atoms with Crippen molar-refractivity contribution in [2.45, 2.75) is 84.0 Å². The van der Waals surface area contributed by atoms with Gasteiger partial charge in [-0.1, -0.05) is 113 Å². The van der Waals surface area contributed by atoms with E-state index < -0.39 is 0 Å². The molecule has 61 heavy (non-hydrogen) atoms. The highest BCUT2D eigenvalue weighted by Gasteiger charge is 2.40. The number of para-hydroxylation sites is 1. The third-order valence-corrected chi connectivity index (χ3v) is 14.4. The van der Waals surface area contributed by atoms with E-state index in [2.05, 4.69) is 184 Å². The first-order valence-corrected chi connectivity index (χ1v) is 22.3. The zero-order valence-electron chi connectivity index (χ0n) is 36.1. The van der Waals surface area contributed by atoms with Crippen molar-refractivity contribution in [1.29, 1.82) is 0 Å². The third kappa shape index (κ3) is 5.56. The van der Waals surface area contributed by atoms with Crippen LogP contribution in [-0.2, 0) is 10.8 Å². The standard InChI is InChI=1S/C59H52N2/c1-7-9-19-40(8-2)60(41-20-13-10-14-21-41)44-28-30-46-48-34-38-27-33-51-57-49(35-39-26-32-50(56(48)54(39)55(38)57)58(3,4)52(46)36-44)47-31-29-45(37-53(47)59(51,5)6)61(42-22-15-11-16-23-42)43-24-17-12-18-25-43/h1,8-9,11,13,15-17,19-28,30,32-37H,10,12,14,18,29,31H2,2-6H3/b19-9-,40-8+. The van der Waals surface area contributed by atoms with Gasteiger partial charge >= 0.3 is 0 Å². The molecule has 2 heteroatoms. The van der Waals surface area contributed by atoms with E-state index >= 15 is 0 Å². The fourth-order valence-corrected chi connectivity index (χ4v) is 11.4. The number of terminal acetylenes is 1. The van der Waals surface area contributed by atoms with Crippen LogP contribution in [0.5, 0.6) is 0 Å². The van der Waals surface area contributed by atoms with Crippen LogP contribution in [-0.4, -0.2) is 0 Å². The second-order valence-electron chi connectivity index (χ2n) is 18.5. The third-order valence-electron chi connectivity index (χ3n) is 14.4. The largest absolute Gasteiger partial charge is 0.315 e. The fourth-order valence-electron chi connectivity index (χ4n) is 11.4. The summed E-state index contributed by atoms with van der Waals surface area (Å²) < 4.78 is 0. The van der Waals surface area contributed by atoms with Crippen LogP contribution in [0.2, 0.25) is 0 Å². The highest BCUT2D eigenvalue weighted by molar-refractivity contribution is 6.30. The van der Waals surface area contributed by atoms with Crippen LogP contribution in [0.15, 0.2) is 174 Å². The summed E-state index contributed by atoms with van der Waals surface area (Å²) in [5.74, 6) is 2.71. The molecule has 5 aliphatic carbocycles. The monoisotopic (exact) mass is 788 g/mol. The molecule has 0 saturated carbocycles. The average Bonchev–Trinajstić information content (AvgIpc) is 3.29. The van der Waals surface area contributed by atoms with Gasteiger partial charge in [-0.25, -0.2) is 0 Å². The normalized spacial score (nSPS) is 18.6. The van der Waals surface area contributed by atoms with Gasteiger partial charge in [-0.05, 0) is 189 Å². The van der Waals surface area contributed by atoms with E-state index in [4.69, 9.17) is 6.42 Å². The Balaban J connectivity index is 1.10. The van der Waals surface area contributed by atoms with Crippen molar-refractivity contribution in [2.24, 2.45) is 0 Å². The fraction of sp³-hybridized carbons (Fsp3) is 0.220. The van der Waals surface area contributed by atoms with Crippen molar-refractivity contribution < 1.29 is 0 Å². The molecule has 0 heterocycles. The Morgan fingerprint density at radius 2 is 1.31 bits per heavy atom. The van der Waals surface area contributed by atoms with Crippen molar-refractivity contribution in [3.8, 4) is 23.5 Å². The predicted octanol–water partition coefficient (Wildman–Crippen LogP) is 15.5. The highest BCUT2D eigenvalue weighted by Crippen LogP contribution is 2.58. The van der Waals surface area contributed by atoms with Crippen LogP contribution < -0.4 is 9.80 Å². The molecule has 5 aliphatic rings. The number of fused-ring (bicyclic) bond motifs is 3. The van der Waals surface area contributed by atoms with E-state index in [1.54, 1.807) is 6.08 Å². The van der Waals surface area contributed by atoms with Gasteiger partial charge in [0.25, 0.3) is 0 Å². The maximum absolute atomic E-state index is 5.72. The van der Waals surface area contributed by atoms with Gasteiger partial charge in [0.15, 0.2) is 0 Å². The van der Waals surface area contributed by atoms with E-state index in [-0.39, 0.29) is 10.8 Å². The van der Waals surface area contributed by atoms with Crippen molar-refractivity contribution in [2.75, 3.05) is 9.80 Å². The number of anilines is 2. The molecule has 2 nitrogen and oxygen atoms in total. The first-order chi connectivity index (χ1) is 29.7. The molecular weight excluding hydrogens is 737 g/mol. The van der Waals surface area contributed by atoms with Gasteiger partial charge in [-0.15, -0.1) is 6.42 Å². The Hall–Kier alpha value is -6.56. The first-order valence-electron chi connectivity index (χ1n) is 22.3. The molecule has 298 valence electrons. The van der Waals surface area contributed by atoms with Crippen LogP contribution in [0.4, 0.5) is 11.4 Å². The van der Waals surface area contributed by atoms with Gasteiger partial charge in [0, 0.05) is 45.0 Å². The van der Waals surface area contributed by atoms with Crippen LogP contribution in [0.1, 0.15) is 95.4 Å². The SMILES string of the molecule is C#C/C=C\C(=C/C)N(C1=CCCC=C1)c1ccc2c(c1)C(C)(C)c1ccc3cc4c5c(ccc6cc-2c1c3c65)C(C)(C)C1=C4CCC(N(C2=CCCC=C2)c2ccccc2)=C1. The van der Waals surface area contributed by atoms with Crippen molar-refractivity contribution in [3.63, 3.8) is 0 Å². The Morgan fingerprint density at radius 1 is 0.639 bits per heavy atom. The molecule has 11 rings (SSSR count). The molecule has 6 aromatic rings. The quantitative estimate of drug-likeness (QED) is 0.0903. The van der Waals surface area contributed by atoms with Gasteiger partial charge in [-0.2, -0.15) is 0 Å². The number of nitrogens with zero attached hydrogens (tertiary/aromatic N) is 2. The number of hydrogen-bond acceptors (Lipinski definition) is 2. The Morgan fingerprint density at radius 3 is 1.98 bits per heavy atom. The summed E-state index contributed by atoms with van der Waals surface area (Å²) in [6.07, 6.45) is 34.5. The summed E-state index contributed by atoms with van der Waals surface area (Å²) in [6, 6.07) is 32.9. The van der Waals surface area contributed by atoms with Crippen molar-refractivity contribution >= 4 is 49.3 Å². The van der Waals surface area contributed by atoms with Gasteiger partial charge < -0.3 is 9.80 Å². The summed E-state index contributed by atoms with van der Waals surface area (Å²) >= 11 is 0. The van der Waals surface area contributed by atoms with Crippen LogP contribution in [0.3, 0.4) is 0 Å². The van der Waals surface area contributed by atoms with Crippen LogP contribution >= 0.6 is 0 Å². The molecule has 0 N–H and O–H groups in total. The minimum absolute atomic E-state index is 0.170. The topological polar surface area (TPSA) is 6.48 Å². The molecule has 0 spiro atoms. The Labute approximate surface area is 361 Å². The molecule has 0 atom stereocenters. The Bertz CT molecular complexity index is 3140. The van der Waals surface area contributed by atoms with Gasteiger partial charge in [0.05, 0.1) is 0 Å². The average molecular weight is 789 g/mol. The second-order valence-corrected chi connectivity index (χ2v) is 18.5. The molecule has 0 unspecified atom stereocenters. The number of allylic oxidation sites excluding steroid dienone is 13. The molecule has 0 bridgehead atoms. The van der Waals surface area contributed by atoms with E-state index in [1.807, 2.05) is 6.08 Å². The second kappa shape index (κ2) is 14.0. The first kappa shape index (κ1) is 37.4. The molecule has 0 amide bonds. The Kier molecular flexibility index (Phi) is 8.60. The lowest BCUT2D eigenvalue weighted by atomic mass is 9.63. The number of rotatable bonds is 7. The molecule has 0 aliphatic heterocycles. The van der Waals surface area contributed by atoms with E-state index in [0.29, 0.717) is 0 Å². The van der Waals surface area contributed by atoms with E-state index in [1.165, 1.54) is 99.6 Å². The molecule has 0 radical (unpaired) electrons. The summed E-state index contributed by atoms with van der Waals surface area (Å²) in [7, 11) is 0. The lowest BCUT2D eigenvalue weighted by Crippen LogP contribution is -2.30. The highest BCUT2D eigenvalue weighted by atomic mass is 15.2. The number of benzene rings is 6. The summed E-state index contributed by atoms with van der Waals surface area (Å²) in [6.45, 7) is 11.9. The molecular formula is C59H52N2. The van der Waals surface area contributed by atoms with Gasteiger partial charge in [0.1, 0.15) is 0 Å². The van der Waals surface area contributed by atoms with Gasteiger partial charge in [0.2, 0.25) is 0 Å². The van der Waals surface area contributed by atoms with Crippen LogP contribution in [0, 0.1) is 12.3 Å². The minimum Gasteiger partial charge on any atom is -0.315 e. The van der Waals surface area contributed by atoms with Gasteiger partial charge in [-0.3, -0.25) is 0 Å². The lowest BCUT2D eigenvalue weighted by molar-refractivity contribution is 0.633. The molecule has 0 fully saturated rings. The van der Waals surface area contributed by atoms with E-state index in [9.17, 15) is 0 Å². The molecule has 0 aromatic heterocycles. The maximum atomic E-state index is 5.72. The van der Waals surface area contributed by atoms with Crippen LogP contribution in [0.25, 0.3) is 49.0 Å². The maximum Gasteiger partial charge on any atom is 0.0464 e. The predicted molar refractivity (Wildman–Crippen MR) is 261 cm³/mol. The number of hydrogen-bond donors (Lipinski definition) is 0. The molecule has 0 saturated heterocycles. The molecule has 6 aromatic carbocycles. The summed E-state index contributed by atoms with van der Waals surface area (Å²) in [5, 5.41) is 8.38. The van der Waals surface area contributed by atoms with E-state index in [0.717, 1.165) is 49.9 Å². The zero-order chi connectivity index (χ0) is 41.6. The van der Waals surface area contributed by atoms with Crippen molar-refractivity contribution in [3.05, 3.63) is 196 Å². The lowest BCUT2D eigenvalue weighted by Gasteiger charge is -2.42. The van der Waals surface area contributed by atoms with Crippen molar-refractivity contribution in [1.82, 2.24) is 0 Å². The summed E-state index contributed by atoms with van der Waals surface area (Å²) in [4.78, 5) is 4.88. The smallest absolute Gasteiger partial charge is 0.0464 e. The minimum atomic E-state index is -0.232. The summed E-state index contributed by atoms with van der Waals surface area (Å²) in [5.41, 5.74) is 18.1. The zero-order valence-corrected chi connectivity index (χ0v) is 36.1.